The zero-order chi connectivity index (χ0) is 27.7. The molecular weight excluding hydrogens is 524 g/mol. The van der Waals surface area contributed by atoms with Gasteiger partial charge >= 0.3 is 6.01 Å². The number of benzene rings is 2. The van der Waals surface area contributed by atoms with Gasteiger partial charge in [0.1, 0.15) is 29.9 Å². The number of fused-ring (bicyclic) bond motifs is 5. The molecule has 6 heterocycles. The van der Waals surface area contributed by atoms with E-state index in [1.165, 1.54) is 0 Å². The fraction of sp³-hybridized carbons (Fsp3) is 0.452. The Bertz CT molecular complexity index is 1660. The average Bonchev–Trinajstić information content (AvgIpc) is 3.61. The van der Waals surface area contributed by atoms with Gasteiger partial charge in [-0.25, -0.2) is 13.8 Å². The second-order valence-corrected chi connectivity index (χ2v) is 12.2. The molecule has 4 aliphatic rings. The van der Waals surface area contributed by atoms with E-state index in [-0.39, 0.29) is 23.7 Å². The van der Waals surface area contributed by atoms with Crippen molar-refractivity contribution in [2.45, 2.75) is 55.9 Å². The Morgan fingerprint density at radius 2 is 1.85 bits per heavy atom. The molecule has 212 valence electrons. The minimum atomic E-state index is -0.857. The third-order valence-corrected chi connectivity index (χ3v) is 9.53. The van der Waals surface area contributed by atoms with Crippen molar-refractivity contribution in [1.82, 2.24) is 25.2 Å². The Morgan fingerprint density at radius 3 is 2.71 bits per heavy atom. The molecule has 10 heteroatoms. The van der Waals surface area contributed by atoms with Crippen molar-refractivity contribution < 1.29 is 13.5 Å². The third-order valence-electron chi connectivity index (χ3n) is 9.53. The molecule has 4 aliphatic heterocycles. The van der Waals surface area contributed by atoms with Gasteiger partial charge in [-0.2, -0.15) is 9.97 Å². The molecular formula is C31H33F2N7O. The molecule has 0 aliphatic carbocycles. The predicted molar refractivity (Wildman–Crippen MR) is 155 cm³/mol. The fourth-order valence-corrected chi connectivity index (χ4v) is 7.66. The molecule has 0 radical (unpaired) electrons. The summed E-state index contributed by atoms with van der Waals surface area (Å²) in [5.41, 5.74) is 6.78. The SMILES string of the molecule is Nc1cc2ccccc2c(-c2ccc3c(N4CC5CCC(C4)N5)nc(OC[C@@]45CCCN4C[C@H](F)C5)nc3c2F)n1. The van der Waals surface area contributed by atoms with Crippen LogP contribution in [-0.4, -0.2) is 76.4 Å². The molecule has 2 aromatic carbocycles. The van der Waals surface area contributed by atoms with E-state index in [1.54, 1.807) is 12.1 Å². The maximum atomic E-state index is 16.6. The van der Waals surface area contributed by atoms with E-state index in [1.807, 2.05) is 30.3 Å². The summed E-state index contributed by atoms with van der Waals surface area (Å²) in [4.78, 5) is 18.5. The molecule has 0 saturated carbocycles. The van der Waals surface area contributed by atoms with Crippen molar-refractivity contribution in [2.24, 2.45) is 0 Å². The van der Waals surface area contributed by atoms with Gasteiger partial charge in [0.2, 0.25) is 0 Å². The number of pyridine rings is 1. The first-order valence-electron chi connectivity index (χ1n) is 14.6. The molecule has 4 aromatic rings. The number of nitrogen functional groups attached to an aromatic ring is 1. The molecule has 4 atom stereocenters. The van der Waals surface area contributed by atoms with Gasteiger partial charge < -0.3 is 20.7 Å². The normalized spacial score (nSPS) is 27.7. The summed E-state index contributed by atoms with van der Waals surface area (Å²) in [5.74, 6) is 0.516. The van der Waals surface area contributed by atoms with E-state index in [0.29, 0.717) is 53.3 Å². The lowest BCUT2D eigenvalue weighted by molar-refractivity contribution is 0.107. The number of halogens is 2. The van der Waals surface area contributed by atoms with Crippen molar-refractivity contribution in [2.75, 3.05) is 43.4 Å². The Morgan fingerprint density at radius 1 is 1.02 bits per heavy atom. The molecule has 41 heavy (non-hydrogen) atoms. The Labute approximate surface area is 236 Å². The molecule has 4 fully saturated rings. The first kappa shape index (κ1) is 25.1. The zero-order valence-electron chi connectivity index (χ0n) is 22.8. The number of hydrogen-bond acceptors (Lipinski definition) is 8. The first-order chi connectivity index (χ1) is 20.0. The lowest BCUT2D eigenvalue weighted by Gasteiger charge is -2.34. The Balaban J connectivity index is 1.24. The summed E-state index contributed by atoms with van der Waals surface area (Å²) in [7, 11) is 0. The van der Waals surface area contributed by atoms with Gasteiger partial charge in [-0.05, 0) is 55.8 Å². The summed E-state index contributed by atoms with van der Waals surface area (Å²) < 4.78 is 37.3. The number of ether oxygens (including phenoxy) is 1. The molecule has 0 spiro atoms. The van der Waals surface area contributed by atoms with E-state index < -0.39 is 12.0 Å². The highest BCUT2D eigenvalue weighted by Gasteiger charge is 2.49. The van der Waals surface area contributed by atoms with Crippen LogP contribution >= 0.6 is 0 Å². The molecule has 2 aromatic heterocycles. The molecule has 4 saturated heterocycles. The zero-order valence-corrected chi connectivity index (χ0v) is 22.8. The lowest BCUT2D eigenvalue weighted by Crippen LogP contribution is -2.51. The van der Waals surface area contributed by atoms with Crippen molar-refractivity contribution in [1.29, 1.82) is 0 Å². The van der Waals surface area contributed by atoms with Crippen molar-refractivity contribution in [3.63, 3.8) is 0 Å². The van der Waals surface area contributed by atoms with Gasteiger partial charge in [0.25, 0.3) is 0 Å². The van der Waals surface area contributed by atoms with Crippen LogP contribution in [0.15, 0.2) is 42.5 Å². The molecule has 8 rings (SSSR count). The average molecular weight is 558 g/mol. The fourth-order valence-electron chi connectivity index (χ4n) is 7.66. The minimum Gasteiger partial charge on any atom is -0.461 e. The van der Waals surface area contributed by atoms with Crippen LogP contribution in [0, 0.1) is 5.82 Å². The molecule has 0 amide bonds. The predicted octanol–water partition coefficient (Wildman–Crippen LogP) is 4.46. The van der Waals surface area contributed by atoms with Gasteiger partial charge in [-0.15, -0.1) is 0 Å². The molecule has 3 N–H and O–H groups in total. The van der Waals surface area contributed by atoms with Gasteiger partial charge in [0.15, 0.2) is 5.82 Å². The number of anilines is 2. The number of hydrogen-bond donors (Lipinski definition) is 2. The van der Waals surface area contributed by atoms with Gasteiger partial charge in [-0.3, -0.25) is 4.90 Å². The van der Waals surface area contributed by atoms with Crippen LogP contribution in [0.25, 0.3) is 32.9 Å². The number of piperazine rings is 1. The van der Waals surface area contributed by atoms with Crippen molar-refractivity contribution >= 4 is 33.3 Å². The summed E-state index contributed by atoms with van der Waals surface area (Å²) >= 11 is 0. The van der Waals surface area contributed by atoms with Crippen LogP contribution in [0.2, 0.25) is 0 Å². The van der Waals surface area contributed by atoms with Gasteiger partial charge in [0.05, 0.1) is 11.2 Å². The number of nitrogens with one attached hydrogen (secondary N) is 1. The topological polar surface area (TPSA) is 92.4 Å². The van der Waals surface area contributed by atoms with E-state index in [0.717, 1.165) is 56.1 Å². The van der Waals surface area contributed by atoms with E-state index >= 15 is 4.39 Å². The molecule has 2 bridgehead atoms. The standard InChI is InChI=1S/C31H33F2N7O/c32-19-13-31(10-3-11-40(31)14-19)17-41-30-37-28-24(29(38-30)39-15-20-6-7-21(16-39)35-20)9-8-23(26(28)33)27-22-5-2-1-4-18(22)12-25(34)36-27/h1-2,4-5,8-9,12,19-21,35H,3,6-7,10-11,13-17H2,(H2,34,36)/t19-,20?,21?,31+/m1/s1. The number of nitrogens with zero attached hydrogens (tertiary/aromatic N) is 5. The smallest absolute Gasteiger partial charge is 0.319 e. The second-order valence-electron chi connectivity index (χ2n) is 12.2. The van der Waals surface area contributed by atoms with Crippen LogP contribution in [0.3, 0.4) is 0 Å². The number of rotatable bonds is 5. The monoisotopic (exact) mass is 557 g/mol. The number of aromatic nitrogens is 3. The van der Waals surface area contributed by atoms with E-state index in [9.17, 15) is 4.39 Å². The van der Waals surface area contributed by atoms with Crippen LogP contribution in [0.4, 0.5) is 20.4 Å². The van der Waals surface area contributed by atoms with Crippen LogP contribution in [0.5, 0.6) is 6.01 Å². The van der Waals surface area contributed by atoms with Gasteiger partial charge in [-0.1, -0.05) is 24.3 Å². The summed E-state index contributed by atoms with van der Waals surface area (Å²) in [5, 5.41) is 6.00. The number of alkyl halides is 1. The highest BCUT2D eigenvalue weighted by Crippen LogP contribution is 2.41. The number of nitrogens with two attached hydrogens (primary N) is 1. The molecule has 8 nitrogen and oxygen atoms in total. The first-order valence-corrected chi connectivity index (χ1v) is 14.6. The summed E-state index contributed by atoms with van der Waals surface area (Å²) in [6.07, 6.45) is 3.71. The minimum absolute atomic E-state index is 0.128. The van der Waals surface area contributed by atoms with E-state index in [4.69, 9.17) is 15.5 Å². The van der Waals surface area contributed by atoms with Crippen LogP contribution in [0.1, 0.15) is 32.1 Å². The Hall–Kier alpha value is -3.63. The highest BCUT2D eigenvalue weighted by atomic mass is 19.1. The maximum absolute atomic E-state index is 16.6. The second kappa shape index (κ2) is 9.46. The highest BCUT2D eigenvalue weighted by molar-refractivity contribution is 6.00. The van der Waals surface area contributed by atoms with Crippen LogP contribution in [-0.2, 0) is 0 Å². The Kier molecular flexibility index (Phi) is 5.79. The quantitative estimate of drug-likeness (QED) is 0.372. The maximum Gasteiger partial charge on any atom is 0.319 e. The van der Waals surface area contributed by atoms with Crippen molar-refractivity contribution in [3.8, 4) is 17.3 Å². The van der Waals surface area contributed by atoms with Gasteiger partial charge in [0, 0.05) is 54.5 Å². The largest absolute Gasteiger partial charge is 0.461 e. The lowest BCUT2D eigenvalue weighted by atomic mass is 9.95. The summed E-state index contributed by atoms with van der Waals surface area (Å²) in [6, 6.07) is 14.0. The summed E-state index contributed by atoms with van der Waals surface area (Å²) in [6.45, 7) is 3.17. The van der Waals surface area contributed by atoms with E-state index in [2.05, 4.69) is 25.1 Å². The third kappa shape index (κ3) is 4.18. The van der Waals surface area contributed by atoms with Crippen LogP contribution < -0.4 is 20.7 Å². The van der Waals surface area contributed by atoms with Crippen molar-refractivity contribution in [3.05, 3.63) is 48.3 Å². The molecule has 2 unspecified atom stereocenters.